The number of aliphatic imine (C=N–C) groups is 1. The average Bonchev–Trinajstić information content (AvgIpc) is 2.64. The number of fused-ring (bicyclic) bond motifs is 1. The monoisotopic (exact) mass is 288 g/mol. The second kappa shape index (κ2) is 4.93. The summed E-state index contributed by atoms with van der Waals surface area (Å²) in [6.07, 6.45) is 8.30. The Bertz CT molecular complexity index is 867. The van der Waals surface area contributed by atoms with Crippen molar-refractivity contribution in [3.05, 3.63) is 51.2 Å². The number of nitrogens with one attached hydrogen (secondary N) is 2. The van der Waals surface area contributed by atoms with Crippen LogP contribution in [0.4, 0.5) is 0 Å². The van der Waals surface area contributed by atoms with E-state index in [1.165, 1.54) is 0 Å². The van der Waals surface area contributed by atoms with E-state index in [4.69, 9.17) is 17.0 Å². The fourth-order valence-corrected chi connectivity index (χ4v) is 2.37. The van der Waals surface area contributed by atoms with Crippen LogP contribution in [0.5, 0.6) is 0 Å². The maximum atomic E-state index is 11.9. The topological polar surface area (TPSA) is 75.2 Å². The zero-order valence-corrected chi connectivity index (χ0v) is 11.5. The van der Waals surface area contributed by atoms with Gasteiger partial charge in [0.25, 0.3) is 5.56 Å². The predicted molar refractivity (Wildman–Crippen MR) is 79.3 cm³/mol. The first-order valence-electron chi connectivity index (χ1n) is 6.01. The third-order valence-electron chi connectivity index (χ3n) is 3.01. The van der Waals surface area contributed by atoms with E-state index in [-0.39, 0.29) is 5.56 Å². The van der Waals surface area contributed by atoms with E-state index in [2.05, 4.69) is 15.0 Å². The van der Waals surface area contributed by atoms with Crippen LogP contribution < -0.4 is 5.56 Å². The molecule has 0 bridgehead atoms. The second-order valence-corrected chi connectivity index (χ2v) is 4.77. The summed E-state index contributed by atoms with van der Waals surface area (Å²) in [6.45, 7) is 2.32. The molecule has 102 valence electrons. The molecule has 1 aliphatic heterocycles. The predicted octanol–water partition coefficient (Wildman–Crippen LogP) is 2.15. The molecule has 2 aromatic rings. The van der Waals surface area contributed by atoms with Gasteiger partial charge in [-0.15, -0.1) is 0 Å². The summed E-state index contributed by atoms with van der Waals surface area (Å²) in [7, 11) is 0. The summed E-state index contributed by atoms with van der Waals surface area (Å²) in [6, 6.07) is 0. The van der Waals surface area contributed by atoms with Crippen molar-refractivity contribution in [2.24, 2.45) is 4.99 Å². The van der Waals surface area contributed by atoms with E-state index in [1.807, 2.05) is 11.5 Å². The van der Waals surface area contributed by atoms with Gasteiger partial charge in [-0.05, 0) is 30.8 Å². The smallest absolute Gasteiger partial charge is 0.276 e. The van der Waals surface area contributed by atoms with Crippen molar-refractivity contribution in [1.82, 2.24) is 14.5 Å². The Morgan fingerprint density at radius 3 is 3.20 bits per heavy atom. The molecule has 2 aromatic heterocycles. The molecule has 3 rings (SSSR count). The average molecular weight is 288 g/mol. The Balaban J connectivity index is 2.16. The maximum Gasteiger partial charge on any atom is 0.276 e. The Hall–Kier alpha value is -2.41. The Morgan fingerprint density at radius 2 is 2.35 bits per heavy atom. The van der Waals surface area contributed by atoms with Crippen LogP contribution in [0.2, 0.25) is 0 Å². The van der Waals surface area contributed by atoms with E-state index in [9.17, 15) is 4.79 Å². The third kappa shape index (κ3) is 2.12. The molecule has 20 heavy (non-hydrogen) atoms. The first kappa shape index (κ1) is 12.6. The molecule has 0 radical (unpaired) electrons. The molecule has 2 N–H and O–H groups in total. The van der Waals surface area contributed by atoms with Crippen LogP contribution in [-0.4, -0.2) is 20.7 Å². The highest BCUT2D eigenvalue weighted by atomic mass is 32.1. The number of aryl methyl sites for hydroxylation is 1. The van der Waals surface area contributed by atoms with Gasteiger partial charge in [0.05, 0.1) is 24.5 Å². The summed E-state index contributed by atoms with van der Waals surface area (Å²) in [4.78, 5) is 21.5. The molecule has 0 saturated heterocycles. The van der Waals surface area contributed by atoms with Crippen LogP contribution in [0, 0.1) is 11.7 Å². The van der Waals surface area contributed by atoms with Gasteiger partial charge in [-0.1, -0.05) is 0 Å². The number of H-pyrrole nitrogens is 2. The lowest BCUT2D eigenvalue weighted by Gasteiger charge is -2.11. The number of allylic oxidation sites excluding steroid dienone is 2. The normalized spacial score (nSPS) is 14.2. The van der Waals surface area contributed by atoms with E-state index in [0.717, 1.165) is 11.1 Å². The first-order chi connectivity index (χ1) is 9.66. The highest BCUT2D eigenvalue weighted by Gasteiger charge is 2.11. The second-order valence-electron chi connectivity index (χ2n) is 4.38. The van der Waals surface area contributed by atoms with Crippen LogP contribution in [0.3, 0.4) is 0 Å². The number of hydrogen-bond acceptors (Lipinski definition) is 4. The van der Waals surface area contributed by atoms with Crippen molar-refractivity contribution in [3.8, 4) is 0 Å². The van der Waals surface area contributed by atoms with E-state index >= 15 is 0 Å². The van der Waals surface area contributed by atoms with Crippen LogP contribution >= 0.6 is 12.2 Å². The van der Waals surface area contributed by atoms with E-state index in [0.29, 0.717) is 22.6 Å². The summed E-state index contributed by atoms with van der Waals surface area (Å²) >= 11 is 5.25. The molecule has 0 amide bonds. The molecule has 0 saturated carbocycles. The molecule has 1 aliphatic rings. The van der Waals surface area contributed by atoms with Crippen molar-refractivity contribution in [2.75, 3.05) is 0 Å². The zero-order chi connectivity index (χ0) is 14.1. The van der Waals surface area contributed by atoms with Gasteiger partial charge in [0.2, 0.25) is 0 Å². The van der Waals surface area contributed by atoms with Crippen molar-refractivity contribution in [1.29, 1.82) is 0 Å². The van der Waals surface area contributed by atoms with Crippen LogP contribution in [0.1, 0.15) is 5.56 Å². The lowest BCUT2D eigenvalue weighted by atomic mass is 10.3. The molecule has 0 atom stereocenters. The number of ether oxygens (including phenoxy) is 1. The fourth-order valence-electron chi connectivity index (χ4n) is 2.12. The third-order valence-corrected chi connectivity index (χ3v) is 3.33. The van der Waals surface area contributed by atoms with Gasteiger partial charge >= 0.3 is 0 Å². The molecule has 0 spiro atoms. The van der Waals surface area contributed by atoms with Gasteiger partial charge in [0.1, 0.15) is 11.3 Å². The van der Waals surface area contributed by atoms with Gasteiger partial charge in [-0.3, -0.25) is 14.8 Å². The summed E-state index contributed by atoms with van der Waals surface area (Å²) < 4.78 is 7.62. The number of aromatic amines is 2. The molecular weight excluding hydrogens is 276 g/mol. The zero-order valence-electron chi connectivity index (χ0n) is 10.7. The lowest BCUT2D eigenvalue weighted by molar-refractivity contribution is 0.324. The minimum atomic E-state index is -0.219. The number of rotatable bonds is 2. The number of hydrogen-bond donors (Lipinski definition) is 2. The largest absolute Gasteiger partial charge is 0.466 e. The Labute approximate surface area is 119 Å². The minimum Gasteiger partial charge on any atom is -0.466 e. The summed E-state index contributed by atoms with van der Waals surface area (Å²) in [5, 5.41) is 0. The highest BCUT2D eigenvalue weighted by molar-refractivity contribution is 7.71. The Kier molecular flexibility index (Phi) is 3.11. The molecule has 0 fully saturated rings. The van der Waals surface area contributed by atoms with Crippen LogP contribution in [-0.2, 0) is 11.3 Å². The van der Waals surface area contributed by atoms with Gasteiger partial charge in [0.15, 0.2) is 4.77 Å². The van der Waals surface area contributed by atoms with Crippen molar-refractivity contribution >= 4 is 29.5 Å². The summed E-state index contributed by atoms with van der Waals surface area (Å²) in [5.74, 6) is 0.639. The molecule has 6 nitrogen and oxygen atoms in total. The minimum absolute atomic E-state index is 0.219. The molecule has 0 unspecified atom stereocenters. The first-order valence-corrected chi connectivity index (χ1v) is 6.42. The number of aromatic nitrogens is 3. The standard InChI is InChI=1S/C13H12N4O2S/c1-8-5-15-10-11(8)17(13(20)16-12(10)18)7-9-6-14-3-2-4-19-9/h2-6,15H,7H2,1H3,(H,16,18,20). The SMILES string of the molecule is Cc1c[nH]c2c(=O)[nH]c(=S)n(CC3=CN=CC=CO3)c12. The molecule has 0 aliphatic carbocycles. The fraction of sp³-hybridized carbons (Fsp3) is 0.154. The van der Waals surface area contributed by atoms with E-state index < -0.39 is 0 Å². The molecular formula is C13H12N4O2S. The molecule has 0 aromatic carbocycles. The molecule has 3 heterocycles. The Morgan fingerprint density at radius 1 is 1.50 bits per heavy atom. The maximum absolute atomic E-state index is 11.9. The van der Waals surface area contributed by atoms with Crippen molar-refractivity contribution in [3.63, 3.8) is 0 Å². The molecule has 7 heteroatoms. The van der Waals surface area contributed by atoms with Crippen LogP contribution in [0.25, 0.3) is 11.0 Å². The van der Waals surface area contributed by atoms with Gasteiger partial charge in [-0.25, -0.2) is 0 Å². The summed E-state index contributed by atoms with van der Waals surface area (Å²) in [5.41, 5.74) is 2.01. The lowest BCUT2D eigenvalue weighted by Crippen LogP contribution is -2.15. The number of nitrogens with zero attached hydrogens (tertiary/aromatic N) is 2. The van der Waals surface area contributed by atoms with Crippen molar-refractivity contribution in [2.45, 2.75) is 13.5 Å². The van der Waals surface area contributed by atoms with Crippen molar-refractivity contribution < 1.29 is 4.74 Å². The van der Waals surface area contributed by atoms with Crippen LogP contribution in [0.15, 0.2) is 40.3 Å². The quantitative estimate of drug-likeness (QED) is 0.831. The van der Waals surface area contributed by atoms with Gasteiger partial charge in [0, 0.05) is 12.4 Å². The van der Waals surface area contributed by atoms with E-state index in [1.54, 1.807) is 30.9 Å². The van der Waals surface area contributed by atoms with Gasteiger partial charge in [-0.2, -0.15) is 0 Å². The van der Waals surface area contributed by atoms with Gasteiger partial charge < -0.3 is 14.3 Å². The highest BCUT2D eigenvalue weighted by Crippen LogP contribution is 2.16.